The van der Waals surface area contributed by atoms with E-state index in [-0.39, 0.29) is 17.3 Å². The number of rotatable bonds is 6. The van der Waals surface area contributed by atoms with Gasteiger partial charge in [-0.25, -0.2) is 4.98 Å². The van der Waals surface area contributed by atoms with Crippen LogP contribution >= 0.6 is 0 Å². The van der Waals surface area contributed by atoms with Crippen LogP contribution in [0.2, 0.25) is 0 Å². The Balaban J connectivity index is 2.40. The molecular formula is C17H19N5O4. The van der Waals surface area contributed by atoms with Crippen molar-refractivity contribution in [2.45, 2.75) is 33.6 Å². The Bertz CT molecular complexity index is 870. The summed E-state index contributed by atoms with van der Waals surface area (Å²) in [4.78, 5) is 20.9. The van der Waals surface area contributed by atoms with Crippen LogP contribution in [0.3, 0.4) is 0 Å². The second kappa shape index (κ2) is 8.11. The number of amides is 1. The summed E-state index contributed by atoms with van der Waals surface area (Å²) in [5.41, 5.74) is 1.24. The Morgan fingerprint density at radius 1 is 1.38 bits per heavy atom. The van der Waals surface area contributed by atoms with E-state index in [1.54, 1.807) is 13.0 Å². The first-order chi connectivity index (χ1) is 12.5. The molecule has 2 rings (SSSR count). The smallest absolute Gasteiger partial charge is 0.272 e. The van der Waals surface area contributed by atoms with Gasteiger partial charge in [0.15, 0.2) is 11.3 Å². The first kappa shape index (κ1) is 18.9. The van der Waals surface area contributed by atoms with Crippen molar-refractivity contribution < 1.29 is 19.2 Å². The summed E-state index contributed by atoms with van der Waals surface area (Å²) >= 11 is 0. The van der Waals surface area contributed by atoms with Crippen LogP contribution in [0.5, 0.6) is 5.88 Å². The van der Waals surface area contributed by atoms with Crippen molar-refractivity contribution >= 4 is 17.6 Å². The fraction of sp³-hybridized carbons (Fsp3) is 0.353. The molecule has 0 fully saturated rings. The Hall–Kier alpha value is -3.41. The van der Waals surface area contributed by atoms with Crippen LogP contribution in [0.1, 0.15) is 36.4 Å². The molecule has 0 aliphatic heterocycles. The molecule has 0 bridgehead atoms. The summed E-state index contributed by atoms with van der Waals surface area (Å²) in [5.74, 6) is -0.753. The highest BCUT2D eigenvalue weighted by molar-refractivity contribution is 6.10. The standard InChI is InChI=1S/C17H19N5O4/c1-5-10-13(6-2)20-17(22-16(10)25-4)21-15(24)11(7-18)14(23)12-8-19-26-9(12)3/h8,23H,5-6H2,1-4H3,(H,20,21,22,24)/b14-11-. The van der Waals surface area contributed by atoms with Gasteiger partial charge in [0.05, 0.1) is 24.6 Å². The van der Waals surface area contributed by atoms with Gasteiger partial charge in [0.1, 0.15) is 11.8 Å². The van der Waals surface area contributed by atoms with Gasteiger partial charge in [-0.15, -0.1) is 0 Å². The van der Waals surface area contributed by atoms with Gasteiger partial charge in [0, 0.05) is 5.56 Å². The number of carbonyl (C=O) groups excluding carboxylic acids is 1. The normalized spacial score (nSPS) is 11.5. The van der Waals surface area contributed by atoms with Gasteiger partial charge in [-0.1, -0.05) is 19.0 Å². The predicted octanol–water partition coefficient (Wildman–Crippen LogP) is 2.34. The molecule has 0 radical (unpaired) electrons. The molecule has 0 saturated carbocycles. The molecule has 0 atom stereocenters. The van der Waals surface area contributed by atoms with Crippen molar-refractivity contribution in [3.8, 4) is 11.9 Å². The first-order valence-corrected chi connectivity index (χ1v) is 7.96. The number of aryl methyl sites for hydroxylation is 2. The van der Waals surface area contributed by atoms with E-state index in [1.807, 2.05) is 13.8 Å². The molecule has 1 amide bonds. The van der Waals surface area contributed by atoms with Gasteiger partial charge in [-0.05, 0) is 19.8 Å². The Kier molecular flexibility index (Phi) is 5.90. The molecule has 0 aliphatic carbocycles. The molecule has 0 aromatic carbocycles. The molecule has 2 heterocycles. The molecular weight excluding hydrogens is 338 g/mol. The number of ether oxygens (including phenoxy) is 1. The quantitative estimate of drug-likeness (QED) is 0.457. The summed E-state index contributed by atoms with van der Waals surface area (Å²) in [6.07, 6.45) is 2.52. The van der Waals surface area contributed by atoms with Gasteiger partial charge < -0.3 is 14.4 Å². The third-order valence-electron chi connectivity index (χ3n) is 3.74. The number of nitriles is 1. The van der Waals surface area contributed by atoms with Crippen molar-refractivity contribution in [1.82, 2.24) is 15.1 Å². The highest BCUT2D eigenvalue weighted by Crippen LogP contribution is 2.23. The summed E-state index contributed by atoms with van der Waals surface area (Å²) in [6, 6.07) is 1.68. The number of hydrogen-bond acceptors (Lipinski definition) is 8. The van der Waals surface area contributed by atoms with E-state index in [0.29, 0.717) is 18.7 Å². The number of anilines is 1. The molecule has 26 heavy (non-hydrogen) atoms. The van der Waals surface area contributed by atoms with E-state index >= 15 is 0 Å². The fourth-order valence-electron chi connectivity index (χ4n) is 2.42. The lowest BCUT2D eigenvalue weighted by Crippen LogP contribution is -2.18. The van der Waals surface area contributed by atoms with Crippen LogP contribution in [0.25, 0.3) is 5.76 Å². The first-order valence-electron chi connectivity index (χ1n) is 7.96. The lowest BCUT2D eigenvalue weighted by Gasteiger charge is -2.12. The van der Waals surface area contributed by atoms with E-state index in [4.69, 9.17) is 9.26 Å². The number of carbonyl (C=O) groups is 1. The topological polar surface area (TPSA) is 134 Å². The van der Waals surface area contributed by atoms with Gasteiger partial charge in [0.2, 0.25) is 11.8 Å². The van der Waals surface area contributed by atoms with Crippen molar-refractivity contribution in [3.05, 3.63) is 34.4 Å². The van der Waals surface area contributed by atoms with Crippen molar-refractivity contribution in [1.29, 1.82) is 5.26 Å². The third-order valence-corrected chi connectivity index (χ3v) is 3.74. The molecule has 0 saturated heterocycles. The number of aliphatic hydroxyl groups is 1. The second-order valence-corrected chi connectivity index (χ2v) is 5.27. The summed E-state index contributed by atoms with van der Waals surface area (Å²) in [5, 5.41) is 25.4. The van der Waals surface area contributed by atoms with Crippen LogP contribution in [0.15, 0.2) is 16.3 Å². The monoisotopic (exact) mass is 357 g/mol. The molecule has 9 nitrogen and oxygen atoms in total. The lowest BCUT2D eigenvalue weighted by molar-refractivity contribution is -0.112. The molecule has 2 aromatic heterocycles. The van der Waals surface area contributed by atoms with E-state index in [1.165, 1.54) is 13.3 Å². The number of hydrogen-bond donors (Lipinski definition) is 2. The Morgan fingerprint density at radius 2 is 2.12 bits per heavy atom. The molecule has 0 spiro atoms. The summed E-state index contributed by atoms with van der Waals surface area (Å²) < 4.78 is 10.1. The molecule has 2 aromatic rings. The minimum absolute atomic E-state index is 0.0107. The van der Waals surface area contributed by atoms with Crippen molar-refractivity contribution in [3.63, 3.8) is 0 Å². The maximum absolute atomic E-state index is 12.4. The number of aromatic nitrogens is 3. The zero-order valence-electron chi connectivity index (χ0n) is 15.0. The minimum Gasteiger partial charge on any atom is -0.506 e. The fourth-order valence-corrected chi connectivity index (χ4v) is 2.42. The minimum atomic E-state index is -0.848. The maximum atomic E-state index is 12.4. The van der Waals surface area contributed by atoms with Crippen LogP contribution < -0.4 is 10.1 Å². The summed E-state index contributed by atoms with van der Waals surface area (Å²) in [7, 11) is 1.48. The second-order valence-electron chi connectivity index (χ2n) is 5.27. The average molecular weight is 357 g/mol. The lowest BCUT2D eigenvalue weighted by atomic mass is 10.1. The number of nitrogens with zero attached hydrogens (tertiary/aromatic N) is 4. The van der Waals surface area contributed by atoms with Gasteiger partial charge in [-0.3, -0.25) is 10.1 Å². The van der Waals surface area contributed by atoms with Gasteiger partial charge >= 0.3 is 0 Å². The van der Waals surface area contributed by atoms with Gasteiger partial charge in [-0.2, -0.15) is 10.2 Å². The van der Waals surface area contributed by atoms with E-state index in [0.717, 1.165) is 11.3 Å². The van der Waals surface area contributed by atoms with E-state index < -0.39 is 17.2 Å². The number of nitrogens with one attached hydrogen (secondary N) is 1. The third kappa shape index (κ3) is 3.64. The highest BCUT2D eigenvalue weighted by Gasteiger charge is 2.22. The number of aliphatic hydroxyl groups excluding tert-OH is 1. The predicted molar refractivity (Wildman–Crippen MR) is 92.4 cm³/mol. The summed E-state index contributed by atoms with van der Waals surface area (Å²) in [6.45, 7) is 5.43. The zero-order valence-corrected chi connectivity index (χ0v) is 15.0. The SMILES string of the molecule is CCc1nc(NC(=O)/C(C#N)=C(\O)c2cnoc2C)nc(OC)c1CC. The Morgan fingerprint density at radius 3 is 2.62 bits per heavy atom. The van der Waals surface area contributed by atoms with Crippen molar-refractivity contribution in [2.24, 2.45) is 0 Å². The molecule has 0 unspecified atom stereocenters. The van der Waals surface area contributed by atoms with Crippen molar-refractivity contribution in [2.75, 3.05) is 12.4 Å². The van der Waals surface area contributed by atoms with Crippen LogP contribution in [0, 0.1) is 18.3 Å². The molecule has 136 valence electrons. The van der Waals surface area contributed by atoms with Crippen LogP contribution in [0.4, 0.5) is 5.95 Å². The molecule has 0 aliphatic rings. The van der Waals surface area contributed by atoms with Crippen LogP contribution in [-0.2, 0) is 17.6 Å². The molecule has 2 N–H and O–H groups in total. The highest BCUT2D eigenvalue weighted by atomic mass is 16.5. The van der Waals surface area contributed by atoms with Crippen LogP contribution in [-0.4, -0.2) is 33.2 Å². The Labute approximate surface area is 150 Å². The van der Waals surface area contributed by atoms with Gasteiger partial charge in [0.25, 0.3) is 5.91 Å². The zero-order chi connectivity index (χ0) is 19.3. The van der Waals surface area contributed by atoms with E-state index in [9.17, 15) is 15.2 Å². The molecule has 9 heteroatoms. The number of methoxy groups -OCH3 is 1. The largest absolute Gasteiger partial charge is 0.506 e. The van der Waals surface area contributed by atoms with E-state index in [2.05, 4.69) is 20.4 Å². The average Bonchev–Trinajstić information content (AvgIpc) is 3.07. The maximum Gasteiger partial charge on any atom is 0.272 e.